The summed E-state index contributed by atoms with van der Waals surface area (Å²) in [5.41, 5.74) is 0.855. The van der Waals surface area contributed by atoms with Crippen LogP contribution in [0.5, 0.6) is 0 Å². The number of rotatable bonds is 4. The molecule has 3 rings (SSSR count). The van der Waals surface area contributed by atoms with Crippen molar-refractivity contribution in [2.24, 2.45) is 5.14 Å². The van der Waals surface area contributed by atoms with Crippen LogP contribution in [0.25, 0.3) is 0 Å². The minimum atomic E-state index is -4.03. The maximum Gasteiger partial charge on any atom is 0.293 e. The summed E-state index contributed by atoms with van der Waals surface area (Å²) in [5, 5.41) is 16.5. The standard InChI is InChI=1S/C16H16FN3O4S/c17-12-5-3-11(4-6-12)14-2-1-9-19(14)15-8-7-13(25(18,23)24)10-16(15)20(21)22/h3-8,10,14H,1-2,9H2,(H2,18,23,24). The van der Waals surface area contributed by atoms with Crippen LogP contribution >= 0.6 is 0 Å². The summed E-state index contributed by atoms with van der Waals surface area (Å²) >= 11 is 0. The molecule has 0 amide bonds. The molecule has 1 aliphatic rings. The van der Waals surface area contributed by atoms with E-state index in [9.17, 15) is 22.9 Å². The molecule has 1 aliphatic heterocycles. The molecule has 0 radical (unpaired) electrons. The number of nitro groups is 1. The Morgan fingerprint density at radius 2 is 1.88 bits per heavy atom. The first-order chi connectivity index (χ1) is 11.8. The van der Waals surface area contributed by atoms with Gasteiger partial charge < -0.3 is 4.90 Å². The van der Waals surface area contributed by atoms with Crippen LogP contribution in [0.1, 0.15) is 24.4 Å². The van der Waals surface area contributed by atoms with E-state index in [1.54, 1.807) is 12.1 Å². The average molecular weight is 365 g/mol. The summed E-state index contributed by atoms with van der Waals surface area (Å²) in [6.07, 6.45) is 1.58. The molecule has 2 aromatic rings. The first-order valence-corrected chi connectivity index (χ1v) is 9.15. The zero-order chi connectivity index (χ0) is 18.2. The molecule has 25 heavy (non-hydrogen) atoms. The fraction of sp³-hybridized carbons (Fsp3) is 0.250. The number of hydrogen-bond donors (Lipinski definition) is 1. The third-order valence-corrected chi connectivity index (χ3v) is 5.20. The summed E-state index contributed by atoms with van der Waals surface area (Å²) < 4.78 is 36.1. The van der Waals surface area contributed by atoms with Crippen molar-refractivity contribution in [1.82, 2.24) is 0 Å². The number of primary sulfonamides is 1. The highest BCUT2D eigenvalue weighted by Gasteiger charge is 2.31. The minimum absolute atomic E-state index is 0.139. The second kappa shape index (κ2) is 6.41. The Hall–Kier alpha value is -2.52. The molecule has 1 saturated heterocycles. The lowest BCUT2D eigenvalue weighted by Gasteiger charge is -2.27. The van der Waals surface area contributed by atoms with Gasteiger partial charge in [0.2, 0.25) is 10.0 Å². The lowest BCUT2D eigenvalue weighted by atomic mass is 10.0. The number of nitrogens with two attached hydrogens (primary N) is 1. The Morgan fingerprint density at radius 1 is 1.20 bits per heavy atom. The predicted molar refractivity (Wildman–Crippen MR) is 90.2 cm³/mol. The fourth-order valence-corrected chi connectivity index (χ4v) is 3.69. The summed E-state index contributed by atoms with van der Waals surface area (Å²) in [6.45, 7) is 0.581. The molecular formula is C16H16FN3O4S. The van der Waals surface area contributed by atoms with Crippen LogP contribution in [0, 0.1) is 15.9 Å². The molecular weight excluding hydrogens is 349 g/mol. The number of halogens is 1. The first kappa shape index (κ1) is 17.3. The maximum absolute atomic E-state index is 13.1. The van der Waals surface area contributed by atoms with E-state index in [-0.39, 0.29) is 22.4 Å². The highest BCUT2D eigenvalue weighted by atomic mass is 32.2. The van der Waals surface area contributed by atoms with Crippen molar-refractivity contribution < 1.29 is 17.7 Å². The van der Waals surface area contributed by atoms with Gasteiger partial charge in [-0.15, -0.1) is 0 Å². The molecule has 2 aromatic carbocycles. The number of benzene rings is 2. The summed E-state index contributed by atoms with van der Waals surface area (Å²) in [6, 6.07) is 9.52. The predicted octanol–water partition coefficient (Wildman–Crippen LogP) is 2.72. The summed E-state index contributed by atoms with van der Waals surface area (Å²) in [7, 11) is -4.03. The lowest BCUT2D eigenvalue weighted by molar-refractivity contribution is -0.384. The van der Waals surface area contributed by atoms with Gasteiger partial charge in [-0.25, -0.2) is 17.9 Å². The van der Waals surface area contributed by atoms with Gasteiger partial charge in [0.25, 0.3) is 5.69 Å². The quantitative estimate of drug-likeness (QED) is 0.662. The van der Waals surface area contributed by atoms with Gasteiger partial charge in [-0.3, -0.25) is 10.1 Å². The summed E-state index contributed by atoms with van der Waals surface area (Å²) in [5.74, 6) is -0.350. The number of nitrogens with zero attached hydrogens (tertiary/aromatic N) is 2. The molecule has 132 valence electrons. The molecule has 1 atom stereocenters. The number of hydrogen-bond acceptors (Lipinski definition) is 5. The van der Waals surface area contributed by atoms with Gasteiger partial charge in [0, 0.05) is 12.6 Å². The van der Waals surface area contributed by atoms with E-state index in [0.717, 1.165) is 24.5 Å². The van der Waals surface area contributed by atoms with Crippen LogP contribution < -0.4 is 10.0 Å². The molecule has 0 bridgehead atoms. The molecule has 7 nitrogen and oxygen atoms in total. The van der Waals surface area contributed by atoms with Gasteiger partial charge in [0.05, 0.1) is 15.9 Å². The first-order valence-electron chi connectivity index (χ1n) is 7.61. The molecule has 0 spiro atoms. The molecule has 9 heteroatoms. The van der Waals surface area contributed by atoms with Crippen LogP contribution in [0.2, 0.25) is 0 Å². The zero-order valence-corrected chi connectivity index (χ0v) is 13.9. The summed E-state index contributed by atoms with van der Waals surface area (Å²) in [4.78, 5) is 12.4. The van der Waals surface area contributed by atoms with E-state index in [2.05, 4.69) is 0 Å². The maximum atomic E-state index is 13.1. The van der Waals surface area contributed by atoms with Crippen molar-refractivity contribution >= 4 is 21.4 Å². The van der Waals surface area contributed by atoms with E-state index in [4.69, 9.17) is 5.14 Å². The second-order valence-corrected chi connectivity index (χ2v) is 7.42. The van der Waals surface area contributed by atoms with E-state index in [1.807, 2.05) is 4.90 Å². The molecule has 0 aliphatic carbocycles. The van der Waals surface area contributed by atoms with Crippen LogP contribution in [0.15, 0.2) is 47.4 Å². The van der Waals surface area contributed by atoms with Crippen molar-refractivity contribution in [3.05, 3.63) is 64.0 Å². The van der Waals surface area contributed by atoms with Gasteiger partial charge in [-0.1, -0.05) is 12.1 Å². The SMILES string of the molecule is NS(=O)(=O)c1ccc(N2CCCC2c2ccc(F)cc2)c([N+](=O)[O-])c1. The molecule has 0 aromatic heterocycles. The zero-order valence-electron chi connectivity index (χ0n) is 13.1. The van der Waals surface area contributed by atoms with Crippen LogP contribution in [0.3, 0.4) is 0 Å². The van der Waals surface area contributed by atoms with Crippen molar-refractivity contribution in [2.75, 3.05) is 11.4 Å². The van der Waals surface area contributed by atoms with Crippen molar-refractivity contribution in [3.8, 4) is 0 Å². The van der Waals surface area contributed by atoms with Crippen LogP contribution in [-0.2, 0) is 10.0 Å². The van der Waals surface area contributed by atoms with Gasteiger partial charge in [-0.2, -0.15) is 0 Å². The van der Waals surface area contributed by atoms with Crippen molar-refractivity contribution in [3.63, 3.8) is 0 Å². The van der Waals surface area contributed by atoms with Crippen LogP contribution in [0.4, 0.5) is 15.8 Å². The monoisotopic (exact) mass is 365 g/mol. The topological polar surface area (TPSA) is 107 Å². The normalized spacial score (nSPS) is 17.7. The third-order valence-electron chi connectivity index (χ3n) is 4.29. The Morgan fingerprint density at radius 3 is 2.48 bits per heavy atom. The molecule has 0 saturated carbocycles. The van der Waals surface area contributed by atoms with Gasteiger partial charge in [0.15, 0.2) is 0 Å². The Labute approximate surface area is 144 Å². The highest BCUT2D eigenvalue weighted by Crippen LogP contribution is 2.41. The van der Waals surface area contributed by atoms with Crippen molar-refractivity contribution in [2.45, 2.75) is 23.8 Å². The smallest absolute Gasteiger partial charge is 0.293 e. The van der Waals surface area contributed by atoms with E-state index >= 15 is 0 Å². The number of anilines is 1. The molecule has 2 N–H and O–H groups in total. The van der Waals surface area contributed by atoms with E-state index in [0.29, 0.717) is 12.2 Å². The van der Waals surface area contributed by atoms with Crippen LogP contribution in [-0.4, -0.2) is 19.9 Å². The largest absolute Gasteiger partial charge is 0.359 e. The van der Waals surface area contributed by atoms with Crippen molar-refractivity contribution in [1.29, 1.82) is 0 Å². The lowest BCUT2D eigenvalue weighted by Crippen LogP contribution is -2.24. The third kappa shape index (κ3) is 3.47. The van der Waals surface area contributed by atoms with Gasteiger partial charge in [0.1, 0.15) is 11.5 Å². The molecule has 1 unspecified atom stereocenters. The van der Waals surface area contributed by atoms with Gasteiger partial charge >= 0.3 is 0 Å². The number of nitro benzene ring substituents is 1. The van der Waals surface area contributed by atoms with E-state index in [1.165, 1.54) is 24.3 Å². The molecule has 1 heterocycles. The Bertz CT molecular complexity index is 915. The second-order valence-electron chi connectivity index (χ2n) is 5.86. The molecule has 1 fully saturated rings. The number of sulfonamides is 1. The van der Waals surface area contributed by atoms with Gasteiger partial charge in [-0.05, 0) is 42.7 Å². The minimum Gasteiger partial charge on any atom is -0.359 e. The Balaban J connectivity index is 2.05. The Kier molecular flexibility index (Phi) is 4.44. The highest BCUT2D eigenvalue weighted by molar-refractivity contribution is 7.89. The van der Waals surface area contributed by atoms with E-state index < -0.39 is 14.9 Å². The fourth-order valence-electron chi connectivity index (χ4n) is 3.16. The average Bonchev–Trinajstić information content (AvgIpc) is 3.03.